The van der Waals surface area contributed by atoms with Crippen molar-refractivity contribution in [1.82, 2.24) is 5.32 Å². The van der Waals surface area contributed by atoms with Crippen molar-refractivity contribution in [3.05, 3.63) is 54.1 Å². The number of nitrogens with zero attached hydrogens (tertiary/aromatic N) is 1. The molecule has 0 aliphatic carbocycles. The van der Waals surface area contributed by atoms with Crippen LogP contribution in [0.3, 0.4) is 0 Å². The quantitative estimate of drug-likeness (QED) is 0.0645. The Balaban J connectivity index is 1.30. The molecule has 7 nitrogen and oxygen atoms in total. The Kier molecular flexibility index (Phi) is 10.8. The van der Waals surface area contributed by atoms with E-state index in [9.17, 15) is 14.4 Å². The summed E-state index contributed by atoms with van der Waals surface area (Å²) in [5.74, 6) is 1.71. The van der Waals surface area contributed by atoms with Gasteiger partial charge in [-0.25, -0.2) is 4.79 Å². The monoisotopic (exact) mass is 652 g/mol. The molecule has 2 aliphatic heterocycles. The van der Waals surface area contributed by atoms with Crippen molar-refractivity contribution in [3.63, 3.8) is 0 Å². The van der Waals surface area contributed by atoms with Gasteiger partial charge in [0.2, 0.25) is 0 Å². The molecule has 5 rings (SSSR count). The zero-order valence-electron chi connectivity index (χ0n) is 26.2. The maximum absolute atomic E-state index is 13.7. The van der Waals surface area contributed by atoms with E-state index in [-0.39, 0.29) is 30.1 Å². The topological polar surface area (TPSA) is 84.9 Å². The van der Waals surface area contributed by atoms with E-state index < -0.39 is 8.07 Å². The van der Waals surface area contributed by atoms with Crippen LogP contribution < -0.4 is 10.2 Å². The van der Waals surface area contributed by atoms with E-state index in [1.807, 2.05) is 28.8 Å². The third-order valence-electron chi connectivity index (χ3n) is 8.57. The van der Waals surface area contributed by atoms with E-state index >= 15 is 0 Å². The Morgan fingerprint density at radius 2 is 1.66 bits per heavy atom. The fourth-order valence-electron chi connectivity index (χ4n) is 6.27. The van der Waals surface area contributed by atoms with E-state index in [4.69, 9.17) is 9.47 Å². The SMILES string of the molecule is COC(=O)CSCCc1c2ccccc2c(N2C(=O)NC3C(CCCCC(=O)OCC[Si](C)(C)C)SCC32)c2ccccc12. The van der Waals surface area contributed by atoms with Gasteiger partial charge < -0.3 is 14.8 Å². The van der Waals surface area contributed by atoms with Gasteiger partial charge in [-0.15, -0.1) is 11.8 Å². The maximum atomic E-state index is 13.7. The molecule has 44 heavy (non-hydrogen) atoms. The molecule has 2 fully saturated rings. The van der Waals surface area contributed by atoms with Crippen molar-refractivity contribution in [2.45, 2.75) is 75.1 Å². The Morgan fingerprint density at radius 1 is 1.00 bits per heavy atom. The van der Waals surface area contributed by atoms with Crippen LogP contribution in [-0.4, -0.2) is 74.4 Å². The van der Waals surface area contributed by atoms with E-state index in [2.05, 4.69) is 61.4 Å². The van der Waals surface area contributed by atoms with Crippen LogP contribution in [0, 0.1) is 0 Å². The highest BCUT2D eigenvalue weighted by Crippen LogP contribution is 2.45. The third-order valence-corrected chi connectivity index (χ3v) is 12.7. The molecule has 0 radical (unpaired) electrons. The predicted molar refractivity (Wildman–Crippen MR) is 187 cm³/mol. The van der Waals surface area contributed by atoms with Gasteiger partial charge >= 0.3 is 18.0 Å². The lowest BCUT2D eigenvalue weighted by Crippen LogP contribution is -2.38. The summed E-state index contributed by atoms with van der Waals surface area (Å²) in [5, 5.41) is 8.12. The number of esters is 2. The number of amides is 2. The predicted octanol–water partition coefficient (Wildman–Crippen LogP) is 7.27. The lowest BCUT2D eigenvalue weighted by Gasteiger charge is -2.27. The highest BCUT2D eigenvalue weighted by molar-refractivity contribution is 8.00. The minimum Gasteiger partial charge on any atom is -0.468 e. The first-order valence-electron chi connectivity index (χ1n) is 15.6. The van der Waals surface area contributed by atoms with Gasteiger partial charge in [-0.05, 0) is 47.4 Å². The molecule has 1 N–H and O–H groups in total. The molecule has 2 heterocycles. The van der Waals surface area contributed by atoms with Crippen LogP contribution in [0.25, 0.3) is 21.5 Å². The lowest BCUT2D eigenvalue weighted by atomic mass is 9.92. The molecule has 2 aliphatic rings. The summed E-state index contributed by atoms with van der Waals surface area (Å²) in [4.78, 5) is 39.6. The molecule has 10 heteroatoms. The number of thioether (sulfide) groups is 2. The van der Waals surface area contributed by atoms with Crippen LogP contribution >= 0.6 is 23.5 Å². The summed E-state index contributed by atoms with van der Waals surface area (Å²) in [7, 11) is 0.211. The first kappa shape index (κ1) is 32.7. The number of fused-ring (bicyclic) bond motifs is 3. The highest BCUT2D eigenvalue weighted by atomic mass is 32.2. The van der Waals surface area contributed by atoms with Crippen molar-refractivity contribution in [3.8, 4) is 0 Å². The van der Waals surface area contributed by atoms with Gasteiger partial charge in [-0.2, -0.15) is 11.8 Å². The minimum absolute atomic E-state index is 0.0343. The average molecular weight is 653 g/mol. The molecule has 0 bridgehead atoms. The van der Waals surface area contributed by atoms with Gasteiger partial charge in [0.05, 0.1) is 37.2 Å². The van der Waals surface area contributed by atoms with Crippen LogP contribution in [0.5, 0.6) is 0 Å². The van der Waals surface area contributed by atoms with Crippen molar-refractivity contribution in [1.29, 1.82) is 0 Å². The number of aryl methyl sites for hydroxylation is 1. The summed E-state index contributed by atoms with van der Waals surface area (Å²) in [5.41, 5.74) is 2.22. The summed E-state index contributed by atoms with van der Waals surface area (Å²) in [6.45, 7) is 7.39. The van der Waals surface area contributed by atoms with Crippen molar-refractivity contribution >= 4 is 76.8 Å². The summed E-state index contributed by atoms with van der Waals surface area (Å²) in [6.07, 6.45) is 3.99. The Hall–Kier alpha value is -2.69. The molecule has 3 unspecified atom stereocenters. The Morgan fingerprint density at radius 3 is 2.30 bits per heavy atom. The smallest absolute Gasteiger partial charge is 0.322 e. The zero-order valence-corrected chi connectivity index (χ0v) is 28.9. The van der Waals surface area contributed by atoms with Crippen molar-refractivity contribution in [2.75, 3.05) is 35.9 Å². The molecular weight excluding hydrogens is 609 g/mol. The van der Waals surface area contributed by atoms with Gasteiger partial charge in [0, 0.05) is 36.3 Å². The molecule has 0 saturated carbocycles. The Labute approximate surface area is 270 Å². The molecule has 0 spiro atoms. The molecule has 3 aromatic rings. The molecule has 236 valence electrons. The first-order chi connectivity index (χ1) is 21.2. The Bertz CT molecular complexity index is 1450. The van der Waals surface area contributed by atoms with Crippen molar-refractivity contribution < 1.29 is 23.9 Å². The van der Waals surface area contributed by atoms with Gasteiger partial charge in [0.15, 0.2) is 0 Å². The second-order valence-electron chi connectivity index (χ2n) is 12.9. The number of carbonyl (C=O) groups excluding carboxylic acids is 3. The number of hydrogen-bond donors (Lipinski definition) is 1. The second-order valence-corrected chi connectivity index (χ2v) is 20.9. The van der Waals surface area contributed by atoms with Crippen molar-refractivity contribution in [2.24, 2.45) is 0 Å². The summed E-state index contributed by atoms with van der Waals surface area (Å²) >= 11 is 3.51. The zero-order chi connectivity index (χ0) is 31.3. The maximum Gasteiger partial charge on any atom is 0.322 e. The molecule has 2 amide bonds. The molecule has 0 aromatic heterocycles. The number of benzene rings is 3. The number of carbonyl (C=O) groups is 3. The minimum atomic E-state index is -1.21. The van der Waals surface area contributed by atoms with Crippen LogP contribution in [0.4, 0.5) is 10.5 Å². The van der Waals surface area contributed by atoms with Crippen LogP contribution in [0.1, 0.15) is 31.2 Å². The number of methoxy groups -OCH3 is 1. The van der Waals surface area contributed by atoms with Crippen LogP contribution in [-0.2, 0) is 25.5 Å². The first-order valence-corrected chi connectivity index (χ1v) is 21.5. The lowest BCUT2D eigenvalue weighted by molar-refractivity contribution is -0.143. The van der Waals surface area contributed by atoms with Gasteiger partial charge in [-0.3, -0.25) is 14.5 Å². The molecular formula is C34H44N2O5S2Si. The number of nitrogens with one attached hydrogen (secondary N) is 1. The number of rotatable bonds is 14. The van der Waals surface area contributed by atoms with Gasteiger partial charge in [0.1, 0.15) is 0 Å². The molecule has 2 saturated heterocycles. The fraction of sp³-hybridized carbons (Fsp3) is 0.500. The largest absolute Gasteiger partial charge is 0.468 e. The number of unbranched alkanes of at least 4 members (excludes halogenated alkanes) is 1. The highest BCUT2D eigenvalue weighted by Gasteiger charge is 2.49. The fourth-order valence-corrected chi connectivity index (χ4v) is 9.35. The van der Waals surface area contributed by atoms with Gasteiger partial charge in [-0.1, -0.05) is 74.6 Å². The normalized spacial score (nSPS) is 19.8. The van der Waals surface area contributed by atoms with Gasteiger partial charge in [0.25, 0.3) is 0 Å². The number of anilines is 1. The number of urea groups is 1. The average Bonchev–Trinajstić information content (AvgIpc) is 3.53. The number of ether oxygens (including phenoxy) is 2. The molecule has 3 atom stereocenters. The standard InChI is InChI=1S/C34H44N2O5S2Si/c1-40-31(38)22-42-19-17-25-23-11-5-7-13-26(23)33(27-14-8-6-12-24(25)27)36-28-21-43-29(32(28)35-34(36)39)15-9-10-16-30(37)41-18-20-44(2,3)4/h5-8,11-14,28-29,32H,9-10,15-22H2,1-4H3,(H,35,39). The third kappa shape index (κ3) is 7.57. The van der Waals surface area contributed by atoms with E-state index in [1.165, 1.54) is 12.7 Å². The number of hydrogen-bond acceptors (Lipinski definition) is 7. The molecule has 3 aromatic carbocycles. The van der Waals surface area contributed by atoms with E-state index in [0.29, 0.717) is 24.0 Å². The van der Waals surface area contributed by atoms with E-state index in [1.54, 1.807) is 11.8 Å². The van der Waals surface area contributed by atoms with E-state index in [0.717, 1.165) is 70.5 Å². The second kappa shape index (κ2) is 14.6. The van der Waals surface area contributed by atoms with Crippen LogP contribution in [0.15, 0.2) is 48.5 Å². The van der Waals surface area contributed by atoms with Crippen LogP contribution in [0.2, 0.25) is 25.7 Å². The summed E-state index contributed by atoms with van der Waals surface area (Å²) in [6, 6.07) is 17.9. The summed E-state index contributed by atoms with van der Waals surface area (Å²) < 4.78 is 10.3.